The minimum atomic E-state index is -4.47. The monoisotopic (exact) mass is 426 g/mol. The van der Waals surface area contributed by atoms with Crippen molar-refractivity contribution < 1.29 is 18.0 Å². The molecule has 1 aromatic carbocycles. The maximum absolute atomic E-state index is 12.2. The molecule has 3 aromatic heterocycles. The molecule has 4 rings (SSSR count). The van der Waals surface area contributed by atoms with E-state index in [0.29, 0.717) is 5.69 Å². The molecule has 0 spiro atoms. The number of nitrogens with one attached hydrogen (secondary N) is 3. The van der Waals surface area contributed by atoms with Gasteiger partial charge in [0.1, 0.15) is 18.0 Å². The number of fused-ring (bicyclic) bond motifs is 1. The van der Waals surface area contributed by atoms with Crippen molar-refractivity contribution >= 4 is 29.5 Å². The second kappa shape index (κ2) is 8.34. The number of rotatable bonds is 5. The van der Waals surface area contributed by atoms with Gasteiger partial charge in [0.15, 0.2) is 0 Å². The topological polar surface area (TPSA) is 87.1 Å². The van der Waals surface area contributed by atoms with Crippen LogP contribution < -0.4 is 10.6 Å². The average molecular weight is 426 g/mol. The van der Waals surface area contributed by atoms with Crippen molar-refractivity contribution in [3.8, 4) is 11.3 Å². The van der Waals surface area contributed by atoms with E-state index in [1.54, 1.807) is 42.1 Å². The van der Waals surface area contributed by atoms with Crippen molar-refractivity contribution in [3.63, 3.8) is 0 Å². The van der Waals surface area contributed by atoms with Crippen molar-refractivity contribution in [2.45, 2.75) is 6.18 Å². The second-order valence-electron chi connectivity index (χ2n) is 6.64. The molecular weight excluding hydrogens is 409 g/mol. The van der Waals surface area contributed by atoms with Gasteiger partial charge in [-0.15, -0.1) is 0 Å². The van der Waals surface area contributed by atoms with Crippen LogP contribution in [0.3, 0.4) is 0 Å². The number of hydrogen-bond acceptors (Lipinski definition) is 3. The third-order valence-corrected chi connectivity index (χ3v) is 4.36. The zero-order chi connectivity index (χ0) is 21.8. The van der Waals surface area contributed by atoms with Gasteiger partial charge in [0.05, 0.1) is 11.9 Å². The summed E-state index contributed by atoms with van der Waals surface area (Å²) in [4.78, 5) is 23.3. The number of H-pyrrole nitrogens is 1. The van der Waals surface area contributed by atoms with Crippen LogP contribution in [0.15, 0.2) is 61.2 Å². The molecule has 158 valence electrons. The van der Waals surface area contributed by atoms with Crippen LogP contribution in [0.2, 0.25) is 0 Å². The number of aromatic amines is 1. The average Bonchev–Trinajstić information content (AvgIpc) is 3.40. The van der Waals surface area contributed by atoms with Gasteiger partial charge in [-0.25, -0.2) is 14.8 Å². The second-order valence-corrected chi connectivity index (χ2v) is 6.64. The Morgan fingerprint density at radius 2 is 2.03 bits per heavy atom. The maximum Gasteiger partial charge on any atom is 0.405 e. The number of aromatic nitrogens is 4. The zero-order valence-corrected chi connectivity index (χ0v) is 16.0. The highest BCUT2D eigenvalue weighted by Gasteiger charge is 2.27. The van der Waals surface area contributed by atoms with E-state index in [1.165, 1.54) is 0 Å². The normalized spacial score (nSPS) is 11.8. The first kappa shape index (κ1) is 20.2. The van der Waals surface area contributed by atoms with Crippen LogP contribution in [-0.4, -0.2) is 38.1 Å². The van der Waals surface area contributed by atoms with E-state index >= 15 is 0 Å². The number of pyridine rings is 1. The summed E-state index contributed by atoms with van der Waals surface area (Å²) >= 11 is 0. The molecule has 3 heterocycles. The molecule has 0 saturated carbocycles. The summed E-state index contributed by atoms with van der Waals surface area (Å²) in [7, 11) is 0. The fourth-order valence-corrected chi connectivity index (χ4v) is 2.97. The van der Waals surface area contributed by atoms with Gasteiger partial charge in [-0.1, -0.05) is 18.2 Å². The van der Waals surface area contributed by atoms with Crippen molar-refractivity contribution in [2.75, 3.05) is 11.9 Å². The van der Waals surface area contributed by atoms with Crippen molar-refractivity contribution in [2.24, 2.45) is 0 Å². The van der Waals surface area contributed by atoms with Gasteiger partial charge >= 0.3 is 12.2 Å². The molecule has 0 aliphatic heterocycles. The molecule has 0 radical (unpaired) electrons. The summed E-state index contributed by atoms with van der Waals surface area (Å²) in [6, 6.07) is 9.70. The Kier molecular flexibility index (Phi) is 5.44. The molecule has 0 bridgehead atoms. The quantitative estimate of drug-likeness (QED) is 0.437. The van der Waals surface area contributed by atoms with E-state index in [0.717, 1.165) is 28.3 Å². The number of imidazole rings is 2. The van der Waals surface area contributed by atoms with Crippen molar-refractivity contribution in [3.05, 3.63) is 72.6 Å². The number of amides is 2. The molecule has 0 aliphatic carbocycles. The van der Waals surface area contributed by atoms with E-state index < -0.39 is 18.8 Å². The number of carbonyl (C=O) groups excluding carboxylic acids is 1. The van der Waals surface area contributed by atoms with Crippen LogP contribution in [0, 0.1) is 0 Å². The first-order chi connectivity index (χ1) is 14.9. The Morgan fingerprint density at radius 1 is 1.16 bits per heavy atom. The third kappa shape index (κ3) is 5.10. The molecule has 31 heavy (non-hydrogen) atoms. The number of benzene rings is 1. The first-order valence-electron chi connectivity index (χ1n) is 9.24. The number of anilines is 1. The van der Waals surface area contributed by atoms with Gasteiger partial charge in [-0.3, -0.25) is 4.40 Å². The van der Waals surface area contributed by atoms with E-state index in [4.69, 9.17) is 0 Å². The number of hydrogen-bond donors (Lipinski definition) is 3. The van der Waals surface area contributed by atoms with Gasteiger partial charge in [-0.05, 0) is 35.9 Å². The third-order valence-electron chi connectivity index (χ3n) is 4.36. The van der Waals surface area contributed by atoms with Gasteiger partial charge in [0.25, 0.3) is 0 Å². The minimum Gasteiger partial charge on any atom is -0.345 e. The first-order valence-corrected chi connectivity index (χ1v) is 9.24. The predicted octanol–water partition coefficient (Wildman–Crippen LogP) is 4.58. The van der Waals surface area contributed by atoms with E-state index in [-0.39, 0.29) is 0 Å². The lowest BCUT2D eigenvalue weighted by Crippen LogP contribution is -2.36. The number of urea groups is 1. The maximum atomic E-state index is 12.2. The van der Waals surface area contributed by atoms with Gasteiger partial charge in [0.2, 0.25) is 0 Å². The zero-order valence-electron chi connectivity index (χ0n) is 16.0. The fraction of sp³-hybridized carbons (Fsp3) is 0.0952. The Labute approximate surface area is 174 Å². The molecule has 10 heteroatoms. The largest absolute Gasteiger partial charge is 0.405 e. The van der Waals surface area contributed by atoms with Gasteiger partial charge in [0, 0.05) is 29.8 Å². The summed E-state index contributed by atoms with van der Waals surface area (Å²) in [6.45, 7) is -1.40. The van der Waals surface area contributed by atoms with Crippen molar-refractivity contribution in [1.29, 1.82) is 0 Å². The van der Waals surface area contributed by atoms with Crippen LogP contribution in [-0.2, 0) is 0 Å². The van der Waals surface area contributed by atoms with Crippen molar-refractivity contribution in [1.82, 2.24) is 24.7 Å². The number of nitrogens with zero attached hydrogens (tertiary/aromatic N) is 3. The molecule has 0 unspecified atom stereocenters. The number of halogens is 3. The standard InChI is InChI=1S/C21H17F3N6O/c22-21(23,24)13-28-20(31)29-16-3-1-2-15(11-16)17-12-27-19-10-14(6-9-30(17)19)4-5-18-25-7-8-26-18/h1-12H,13H2,(H,25,26)(H2,28,29,31)/b5-4+. The molecule has 0 saturated heterocycles. The van der Waals surface area contributed by atoms with Gasteiger partial charge < -0.3 is 15.6 Å². The van der Waals surface area contributed by atoms with Crippen LogP contribution >= 0.6 is 0 Å². The lowest BCUT2D eigenvalue weighted by molar-refractivity contribution is -0.122. The highest BCUT2D eigenvalue weighted by Crippen LogP contribution is 2.24. The minimum absolute atomic E-state index is 0.366. The Morgan fingerprint density at radius 3 is 2.81 bits per heavy atom. The van der Waals surface area contributed by atoms with Crippen LogP contribution in [0.25, 0.3) is 29.1 Å². The SMILES string of the molecule is O=C(NCC(F)(F)F)Nc1cccc(-c2cnc3cc(/C=C/c4ncc[nH]4)ccn23)c1. The van der Waals surface area contributed by atoms with E-state index in [2.05, 4.69) is 20.3 Å². The highest BCUT2D eigenvalue weighted by atomic mass is 19.4. The van der Waals surface area contributed by atoms with Gasteiger partial charge in [-0.2, -0.15) is 13.2 Å². The lowest BCUT2D eigenvalue weighted by atomic mass is 10.1. The molecule has 0 aliphatic rings. The molecule has 4 aromatic rings. The van der Waals surface area contributed by atoms with Crippen LogP contribution in [0.4, 0.5) is 23.7 Å². The van der Waals surface area contributed by atoms with Crippen LogP contribution in [0.5, 0.6) is 0 Å². The summed E-state index contributed by atoms with van der Waals surface area (Å²) < 4.78 is 38.6. The van der Waals surface area contributed by atoms with E-state index in [9.17, 15) is 18.0 Å². The Bertz CT molecular complexity index is 1230. The molecule has 3 N–H and O–H groups in total. The fourth-order valence-electron chi connectivity index (χ4n) is 2.97. The Hall–Kier alpha value is -4.08. The molecule has 2 amide bonds. The van der Waals surface area contributed by atoms with Crippen LogP contribution in [0.1, 0.15) is 11.4 Å². The summed E-state index contributed by atoms with van der Waals surface area (Å²) in [5, 5.41) is 4.18. The summed E-state index contributed by atoms with van der Waals surface area (Å²) in [5.74, 6) is 0.743. The summed E-state index contributed by atoms with van der Waals surface area (Å²) in [5.41, 5.74) is 3.55. The summed E-state index contributed by atoms with van der Waals surface area (Å²) in [6.07, 6.45) is 6.28. The number of alkyl halides is 3. The molecular formula is C21H17F3N6O. The molecule has 7 nitrogen and oxygen atoms in total. The number of carbonyl (C=O) groups is 1. The van der Waals surface area contributed by atoms with E-state index in [1.807, 2.05) is 40.9 Å². The molecule has 0 fully saturated rings. The smallest absolute Gasteiger partial charge is 0.345 e. The Balaban J connectivity index is 1.52. The highest BCUT2D eigenvalue weighted by molar-refractivity contribution is 5.90. The lowest BCUT2D eigenvalue weighted by Gasteiger charge is -2.10. The molecule has 0 atom stereocenters. The predicted molar refractivity (Wildman–Crippen MR) is 111 cm³/mol.